The average molecular weight is 121 g/mol. The number of hydrogen-bond acceptors (Lipinski definition) is 1. The molecule has 1 aliphatic rings. The van der Waals surface area contributed by atoms with Crippen molar-refractivity contribution >= 4 is 6.21 Å². The first-order chi connectivity index (χ1) is 4.30. The van der Waals surface area contributed by atoms with E-state index in [1.807, 2.05) is 6.21 Å². The molecule has 0 atom stereocenters. The topological polar surface area (TPSA) is 12.4 Å². The van der Waals surface area contributed by atoms with Crippen molar-refractivity contribution < 1.29 is 0 Å². The van der Waals surface area contributed by atoms with Crippen LogP contribution in [0.5, 0.6) is 0 Å². The second kappa shape index (κ2) is 2.62. The zero-order valence-corrected chi connectivity index (χ0v) is 5.89. The van der Waals surface area contributed by atoms with Gasteiger partial charge in [-0.25, -0.2) is 0 Å². The van der Waals surface area contributed by atoms with Gasteiger partial charge in [0.15, 0.2) is 0 Å². The van der Waals surface area contributed by atoms with Crippen molar-refractivity contribution in [1.82, 2.24) is 0 Å². The van der Waals surface area contributed by atoms with Crippen LogP contribution in [-0.4, -0.2) is 12.8 Å². The third-order valence-corrected chi connectivity index (χ3v) is 1.49. The summed E-state index contributed by atoms with van der Waals surface area (Å²) in [5, 5.41) is 0. The summed E-state index contributed by atoms with van der Waals surface area (Å²) in [4.78, 5) is 4.13. The highest BCUT2D eigenvalue weighted by atomic mass is 14.7. The molecule has 0 saturated heterocycles. The minimum absolute atomic E-state index is 0.828. The third kappa shape index (κ3) is 1.53. The summed E-state index contributed by atoms with van der Waals surface area (Å²) in [6.07, 6.45) is 6.11. The standard InChI is InChI=1S/C8H11N/c1-7-4-3-5-9-6-8(7)2/h3-4,6H,5H2,1-2H3. The number of allylic oxidation sites excluding steroid dienone is 3. The Morgan fingerprint density at radius 2 is 2.11 bits per heavy atom. The lowest BCUT2D eigenvalue weighted by atomic mass is 10.2. The Bertz CT molecular complexity index is 165. The maximum Gasteiger partial charge on any atom is 0.0573 e. The summed E-state index contributed by atoms with van der Waals surface area (Å²) in [6, 6.07) is 0. The second-order valence-corrected chi connectivity index (χ2v) is 2.26. The molecule has 0 amide bonds. The van der Waals surface area contributed by atoms with Crippen molar-refractivity contribution in [2.75, 3.05) is 6.54 Å². The first kappa shape index (κ1) is 6.27. The van der Waals surface area contributed by atoms with E-state index in [1.54, 1.807) is 0 Å². The van der Waals surface area contributed by atoms with Gasteiger partial charge in [-0.2, -0.15) is 0 Å². The van der Waals surface area contributed by atoms with Gasteiger partial charge in [-0.05, 0) is 25.0 Å². The molecule has 0 aliphatic carbocycles. The van der Waals surface area contributed by atoms with E-state index in [0.717, 1.165) is 6.54 Å². The largest absolute Gasteiger partial charge is 0.289 e. The van der Waals surface area contributed by atoms with E-state index in [4.69, 9.17) is 0 Å². The Morgan fingerprint density at radius 1 is 1.33 bits per heavy atom. The summed E-state index contributed by atoms with van der Waals surface area (Å²) in [6.45, 7) is 5.01. The maximum absolute atomic E-state index is 4.13. The van der Waals surface area contributed by atoms with E-state index < -0.39 is 0 Å². The normalized spacial score (nSPS) is 18.4. The fourth-order valence-corrected chi connectivity index (χ4v) is 0.713. The van der Waals surface area contributed by atoms with E-state index >= 15 is 0 Å². The van der Waals surface area contributed by atoms with Gasteiger partial charge in [0.25, 0.3) is 0 Å². The maximum atomic E-state index is 4.13. The number of aliphatic imine (C=N–C) groups is 1. The third-order valence-electron chi connectivity index (χ3n) is 1.49. The smallest absolute Gasteiger partial charge is 0.0573 e. The Kier molecular flexibility index (Phi) is 1.83. The predicted molar refractivity (Wildman–Crippen MR) is 40.9 cm³/mol. The molecule has 1 heterocycles. The van der Waals surface area contributed by atoms with Gasteiger partial charge >= 0.3 is 0 Å². The fraction of sp³-hybridized carbons (Fsp3) is 0.375. The molecule has 9 heavy (non-hydrogen) atoms. The van der Waals surface area contributed by atoms with E-state index in [2.05, 4.69) is 31.0 Å². The average Bonchev–Trinajstić information content (AvgIpc) is 1.99. The van der Waals surface area contributed by atoms with Crippen LogP contribution in [0.4, 0.5) is 0 Å². The molecule has 0 bridgehead atoms. The van der Waals surface area contributed by atoms with Crippen molar-refractivity contribution in [2.24, 2.45) is 4.99 Å². The minimum Gasteiger partial charge on any atom is -0.289 e. The molecule has 48 valence electrons. The van der Waals surface area contributed by atoms with Gasteiger partial charge in [0, 0.05) is 6.21 Å². The molecule has 0 unspecified atom stereocenters. The number of hydrogen-bond donors (Lipinski definition) is 0. The summed E-state index contributed by atoms with van der Waals surface area (Å²) in [5.41, 5.74) is 2.58. The van der Waals surface area contributed by atoms with Gasteiger partial charge in [0.2, 0.25) is 0 Å². The van der Waals surface area contributed by atoms with Gasteiger partial charge in [0.1, 0.15) is 0 Å². The van der Waals surface area contributed by atoms with Crippen molar-refractivity contribution in [1.29, 1.82) is 0 Å². The first-order valence-electron chi connectivity index (χ1n) is 3.14. The van der Waals surface area contributed by atoms with Gasteiger partial charge in [-0.1, -0.05) is 12.2 Å². The van der Waals surface area contributed by atoms with Crippen LogP contribution in [-0.2, 0) is 0 Å². The number of nitrogens with zero attached hydrogens (tertiary/aromatic N) is 1. The van der Waals surface area contributed by atoms with Gasteiger partial charge < -0.3 is 0 Å². The monoisotopic (exact) mass is 121 g/mol. The zero-order chi connectivity index (χ0) is 6.69. The Morgan fingerprint density at radius 3 is 2.89 bits per heavy atom. The highest BCUT2D eigenvalue weighted by molar-refractivity contribution is 5.80. The van der Waals surface area contributed by atoms with Crippen LogP contribution in [0.3, 0.4) is 0 Å². The lowest BCUT2D eigenvalue weighted by Gasteiger charge is -1.91. The van der Waals surface area contributed by atoms with E-state index in [9.17, 15) is 0 Å². The highest BCUT2D eigenvalue weighted by Crippen LogP contribution is 2.04. The minimum atomic E-state index is 0.828. The van der Waals surface area contributed by atoms with Crippen molar-refractivity contribution in [3.63, 3.8) is 0 Å². The molecular weight excluding hydrogens is 110 g/mol. The van der Waals surface area contributed by atoms with Crippen LogP contribution in [0.1, 0.15) is 13.8 Å². The molecule has 0 N–H and O–H groups in total. The molecule has 1 nitrogen and oxygen atoms in total. The zero-order valence-electron chi connectivity index (χ0n) is 5.89. The predicted octanol–water partition coefficient (Wildman–Crippen LogP) is 1.96. The van der Waals surface area contributed by atoms with Crippen molar-refractivity contribution in [3.8, 4) is 0 Å². The Balaban J connectivity index is 2.90. The molecule has 0 aromatic carbocycles. The summed E-state index contributed by atoms with van der Waals surface area (Å²) in [5.74, 6) is 0. The van der Waals surface area contributed by atoms with Crippen LogP contribution < -0.4 is 0 Å². The van der Waals surface area contributed by atoms with Crippen LogP contribution in [0.25, 0.3) is 0 Å². The molecule has 1 rings (SSSR count). The molecule has 1 aliphatic heterocycles. The van der Waals surface area contributed by atoms with E-state index in [-0.39, 0.29) is 0 Å². The summed E-state index contributed by atoms with van der Waals surface area (Å²) in [7, 11) is 0. The SMILES string of the molecule is CC1=C(C)C=NCC=C1. The van der Waals surface area contributed by atoms with Gasteiger partial charge in [0.05, 0.1) is 6.54 Å². The highest BCUT2D eigenvalue weighted by Gasteiger charge is 1.90. The molecule has 0 radical (unpaired) electrons. The first-order valence-corrected chi connectivity index (χ1v) is 3.14. The molecule has 0 fully saturated rings. The lowest BCUT2D eigenvalue weighted by molar-refractivity contribution is 1.26. The Labute approximate surface area is 55.8 Å². The van der Waals surface area contributed by atoms with Gasteiger partial charge in [-0.15, -0.1) is 0 Å². The van der Waals surface area contributed by atoms with Crippen LogP contribution in [0, 0.1) is 0 Å². The van der Waals surface area contributed by atoms with E-state index in [1.165, 1.54) is 11.1 Å². The van der Waals surface area contributed by atoms with Crippen LogP contribution >= 0.6 is 0 Å². The lowest BCUT2D eigenvalue weighted by Crippen LogP contribution is -1.79. The van der Waals surface area contributed by atoms with Crippen molar-refractivity contribution in [2.45, 2.75) is 13.8 Å². The number of rotatable bonds is 0. The van der Waals surface area contributed by atoms with Crippen LogP contribution in [0.15, 0.2) is 28.3 Å². The quantitative estimate of drug-likeness (QED) is 0.464. The summed E-state index contributed by atoms with van der Waals surface area (Å²) >= 11 is 0. The molecule has 1 heteroatoms. The molecule has 0 aromatic rings. The van der Waals surface area contributed by atoms with Crippen molar-refractivity contribution in [3.05, 3.63) is 23.3 Å². The van der Waals surface area contributed by atoms with Gasteiger partial charge in [-0.3, -0.25) is 4.99 Å². The Hall–Kier alpha value is -0.850. The fourth-order valence-electron chi connectivity index (χ4n) is 0.713. The molecule has 0 saturated carbocycles. The van der Waals surface area contributed by atoms with Crippen LogP contribution in [0.2, 0.25) is 0 Å². The van der Waals surface area contributed by atoms with E-state index in [0.29, 0.717) is 0 Å². The molecule has 0 spiro atoms. The summed E-state index contributed by atoms with van der Waals surface area (Å²) < 4.78 is 0. The second-order valence-electron chi connectivity index (χ2n) is 2.26. The molecule has 0 aromatic heterocycles. The molecular formula is C8H11N.